The fourth-order valence-electron chi connectivity index (χ4n) is 4.46. The Morgan fingerprint density at radius 1 is 0.914 bits per heavy atom. The lowest BCUT2D eigenvalue weighted by Gasteiger charge is -2.38. The van der Waals surface area contributed by atoms with E-state index in [0.29, 0.717) is 39.6 Å². The summed E-state index contributed by atoms with van der Waals surface area (Å²) < 4.78 is 43.1. The highest BCUT2D eigenvalue weighted by Crippen LogP contribution is 2.25. The van der Waals surface area contributed by atoms with Crippen LogP contribution in [0.5, 0.6) is 5.75 Å². The Labute approximate surface area is 214 Å². The van der Waals surface area contributed by atoms with Gasteiger partial charge in [0.05, 0.1) is 6.10 Å². The van der Waals surface area contributed by atoms with Crippen molar-refractivity contribution in [2.24, 2.45) is 0 Å². The molecule has 0 aromatic heterocycles. The summed E-state index contributed by atoms with van der Waals surface area (Å²) in [6.07, 6.45) is 1.77. The van der Waals surface area contributed by atoms with Crippen molar-refractivity contribution >= 4 is 17.6 Å². The van der Waals surface area contributed by atoms with E-state index in [1.807, 2.05) is 65.0 Å². The minimum Gasteiger partial charge on any atom is -0.491 e. The number of rotatable bonds is 17. The first-order valence-electron chi connectivity index (χ1n) is 13.3. The normalized spacial score (nSPS) is 19.3. The first kappa shape index (κ1) is 30.4. The molecule has 2 rings (SSSR count). The average molecular weight is 530 g/mol. The molecule has 1 aliphatic heterocycles. The third-order valence-electron chi connectivity index (χ3n) is 5.72. The number of hydrogen-bond donors (Lipinski definition) is 0. The van der Waals surface area contributed by atoms with Crippen LogP contribution in [0.2, 0.25) is 12.1 Å². The van der Waals surface area contributed by atoms with E-state index < -0.39 is 17.6 Å². The molecule has 0 spiro atoms. The zero-order valence-electron chi connectivity index (χ0n) is 22.5. The van der Waals surface area contributed by atoms with E-state index in [4.69, 9.17) is 31.3 Å². The van der Waals surface area contributed by atoms with Gasteiger partial charge in [0, 0.05) is 51.7 Å². The second-order valence-electron chi connectivity index (χ2n) is 8.40. The maximum atomic E-state index is 6.64. The molecule has 202 valence electrons. The molecule has 1 fully saturated rings. The van der Waals surface area contributed by atoms with Gasteiger partial charge >= 0.3 is 17.6 Å². The molecule has 1 saturated heterocycles. The molecule has 1 aromatic carbocycles. The number of hydrogen-bond acceptors (Lipinski definition) is 8. The van der Waals surface area contributed by atoms with Crippen molar-refractivity contribution in [3.05, 3.63) is 30.3 Å². The first-order chi connectivity index (χ1) is 17.0. The fourth-order valence-corrected chi connectivity index (χ4v) is 9.80. The third-order valence-corrected chi connectivity index (χ3v) is 12.0. The zero-order chi connectivity index (χ0) is 25.4. The van der Waals surface area contributed by atoms with Gasteiger partial charge in [-0.2, -0.15) is 0 Å². The second kappa shape index (κ2) is 16.8. The maximum Gasteiger partial charge on any atom is 0.501 e. The van der Waals surface area contributed by atoms with E-state index in [0.717, 1.165) is 50.3 Å². The average Bonchev–Trinajstić information content (AvgIpc) is 2.83. The van der Waals surface area contributed by atoms with Crippen LogP contribution in [-0.4, -0.2) is 87.9 Å². The lowest BCUT2D eigenvalue weighted by Crippen LogP contribution is -2.54. The van der Waals surface area contributed by atoms with E-state index in [1.54, 1.807) is 0 Å². The van der Waals surface area contributed by atoms with Crippen LogP contribution in [0.25, 0.3) is 0 Å². The van der Waals surface area contributed by atoms with Crippen molar-refractivity contribution in [2.75, 3.05) is 59.3 Å². The number of benzene rings is 1. The molecule has 10 heteroatoms. The minimum atomic E-state index is -2.75. The van der Waals surface area contributed by atoms with Gasteiger partial charge < -0.3 is 36.2 Å². The Kier molecular flexibility index (Phi) is 14.6. The van der Waals surface area contributed by atoms with Crippen molar-refractivity contribution < 1.29 is 31.3 Å². The number of nitrogens with zero attached hydrogens (tertiary/aromatic N) is 1. The Bertz CT molecular complexity index is 647. The van der Waals surface area contributed by atoms with Crippen LogP contribution in [0.15, 0.2) is 30.3 Å². The van der Waals surface area contributed by atoms with E-state index in [-0.39, 0.29) is 6.10 Å². The van der Waals surface area contributed by atoms with Crippen LogP contribution >= 0.6 is 0 Å². The van der Waals surface area contributed by atoms with Gasteiger partial charge in [-0.05, 0) is 72.7 Å². The Morgan fingerprint density at radius 2 is 1.54 bits per heavy atom. The molecule has 0 saturated carbocycles. The molecule has 0 aliphatic carbocycles. The molecule has 0 N–H and O–H groups in total. The summed E-state index contributed by atoms with van der Waals surface area (Å²) in [6.45, 7) is 16.1. The van der Waals surface area contributed by atoms with E-state index in [1.165, 1.54) is 0 Å². The third kappa shape index (κ3) is 10.6. The van der Waals surface area contributed by atoms with Gasteiger partial charge in [-0.15, -0.1) is 0 Å². The Morgan fingerprint density at radius 3 is 2.11 bits per heavy atom. The lowest BCUT2D eigenvalue weighted by atomic mass is 10.3. The van der Waals surface area contributed by atoms with Crippen LogP contribution in [0.1, 0.15) is 47.5 Å². The topological polar surface area (TPSA) is 67.9 Å². The maximum absolute atomic E-state index is 6.64. The van der Waals surface area contributed by atoms with Gasteiger partial charge in [-0.1, -0.05) is 18.2 Å². The predicted molar refractivity (Wildman–Crippen MR) is 142 cm³/mol. The highest BCUT2D eigenvalue weighted by atomic mass is 28.4. The molecular weight excluding hydrogens is 482 g/mol. The summed E-state index contributed by atoms with van der Waals surface area (Å²) in [4.78, 5) is 2.46. The van der Waals surface area contributed by atoms with E-state index >= 15 is 0 Å². The van der Waals surface area contributed by atoms with Crippen molar-refractivity contribution in [3.8, 4) is 5.75 Å². The summed E-state index contributed by atoms with van der Waals surface area (Å²) in [5.41, 5.74) is 0. The molecule has 1 unspecified atom stereocenters. The summed E-state index contributed by atoms with van der Waals surface area (Å²) in [5.74, 6) is 0.839. The molecule has 0 radical (unpaired) electrons. The highest BCUT2D eigenvalue weighted by Gasteiger charge is 2.45. The van der Waals surface area contributed by atoms with Gasteiger partial charge in [-0.3, -0.25) is 0 Å². The van der Waals surface area contributed by atoms with Gasteiger partial charge in [0.15, 0.2) is 0 Å². The van der Waals surface area contributed by atoms with Gasteiger partial charge in [0.2, 0.25) is 0 Å². The highest BCUT2D eigenvalue weighted by molar-refractivity contribution is 6.61. The van der Waals surface area contributed by atoms with Crippen LogP contribution < -0.4 is 4.74 Å². The molecule has 1 atom stereocenters. The second-order valence-corrected chi connectivity index (χ2v) is 13.8. The Balaban J connectivity index is 2.06. The first-order valence-corrected chi connectivity index (χ1v) is 17.2. The predicted octanol–water partition coefficient (Wildman–Crippen LogP) is 4.61. The lowest BCUT2D eigenvalue weighted by molar-refractivity contribution is -0.00861. The Hall–Kier alpha value is -0.826. The van der Waals surface area contributed by atoms with Gasteiger partial charge in [0.25, 0.3) is 0 Å². The minimum absolute atomic E-state index is 0.145. The van der Waals surface area contributed by atoms with Crippen molar-refractivity contribution in [3.63, 3.8) is 0 Å². The summed E-state index contributed by atoms with van der Waals surface area (Å²) in [7, 11) is -5.39. The number of ether oxygens (including phenoxy) is 1. The molecule has 8 nitrogen and oxygen atoms in total. The molecule has 35 heavy (non-hydrogen) atoms. The van der Waals surface area contributed by atoms with Crippen molar-refractivity contribution in [1.82, 2.24) is 4.90 Å². The van der Waals surface area contributed by atoms with Crippen LogP contribution in [0.3, 0.4) is 0 Å². The van der Waals surface area contributed by atoms with Crippen LogP contribution in [-0.2, 0) is 26.6 Å². The zero-order valence-corrected chi connectivity index (χ0v) is 24.5. The van der Waals surface area contributed by atoms with E-state index in [2.05, 4.69) is 4.90 Å². The molecule has 1 aliphatic rings. The fraction of sp³-hybridized carbons (Fsp3) is 0.760. The van der Waals surface area contributed by atoms with Crippen molar-refractivity contribution in [2.45, 2.75) is 65.7 Å². The molecule has 1 aromatic rings. The van der Waals surface area contributed by atoms with Gasteiger partial charge in [-0.25, -0.2) is 0 Å². The van der Waals surface area contributed by atoms with Crippen LogP contribution in [0, 0.1) is 0 Å². The smallest absolute Gasteiger partial charge is 0.491 e. The van der Waals surface area contributed by atoms with Crippen molar-refractivity contribution in [1.29, 1.82) is 0 Å². The van der Waals surface area contributed by atoms with Gasteiger partial charge in [0.1, 0.15) is 12.4 Å². The summed E-state index contributed by atoms with van der Waals surface area (Å²) in [5, 5.41) is 0. The summed E-state index contributed by atoms with van der Waals surface area (Å²) in [6, 6.07) is 11.5. The molecule has 0 amide bonds. The molecule has 0 bridgehead atoms. The number of para-hydroxylation sites is 1. The van der Waals surface area contributed by atoms with E-state index in [9.17, 15) is 0 Å². The molecule has 1 heterocycles. The summed E-state index contributed by atoms with van der Waals surface area (Å²) >= 11 is 0. The molecular formula is C25H47NO7Si2. The SMILES string of the molecule is CCO[Si](CCCN1CCC[Si](OCC)(OCC)OC(COc2ccccc2)C1)(OCC)OCC. The monoisotopic (exact) mass is 529 g/mol. The standard InChI is InChI=1S/C25H47NO7Si2/c1-6-28-34(29-7-2,30-8-3)20-14-18-26-19-15-21-35(31-9-4,32-10-5)33-25(22-26)23-27-24-16-12-11-13-17-24/h11-13,16-17,25H,6-10,14-15,18-23H2,1-5H3. The van der Waals surface area contributed by atoms with Crippen LogP contribution in [0.4, 0.5) is 0 Å². The quantitative estimate of drug-likeness (QED) is 0.271. The largest absolute Gasteiger partial charge is 0.501 e.